The Morgan fingerprint density at radius 2 is 2.00 bits per heavy atom. The maximum absolute atomic E-state index is 11.9. The highest BCUT2D eigenvalue weighted by Crippen LogP contribution is 2.13. The Morgan fingerprint density at radius 3 is 2.60 bits per heavy atom. The largest absolute Gasteiger partial charge is 0.461 e. The molecule has 4 nitrogen and oxygen atoms in total. The number of ether oxygens (including phenoxy) is 1. The summed E-state index contributed by atoms with van der Waals surface area (Å²) in [6, 6.07) is 9.60. The number of aldehydes is 1. The van der Waals surface area contributed by atoms with Gasteiger partial charge in [-0.15, -0.1) is 0 Å². The lowest BCUT2D eigenvalue weighted by molar-refractivity contribution is 0.0514. The fourth-order valence-electron chi connectivity index (χ4n) is 1.99. The third-order valence-electron chi connectivity index (χ3n) is 3.01. The first-order chi connectivity index (χ1) is 9.63. The molecule has 1 heterocycles. The van der Waals surface area contributed by atoms with Crippen molar-refractivity contribution in [1.29, 1.82) is 0 Å². The van der Waals surface area contributed by atoms with Gasteiger partial charge in [0.1, 0.15) is 5.69 Å². The van der Waals surface area contributed by atoms with E-state index in [4.69, 9.17) is 4.74 Å². The summed E-state index contributed by atoms with van der Waals surface area (Å²) in [7, 11) is 0. The van der Waals surface area contributed by atoms with E-state index in [0.29, 0.717) is 24.4 Å². The summed E-state index contributed by atoms with van der Waals surface area (Å²) in [5.41, 5.74) is 3.12. The number of hydrogen-bond donors (Lipinski definition) is 0. The Hall–Kier alpha value is -2.36. The van der Waals surface area contributed by atoms with Crippen LogP contribution in [0.25, 0.3) is 0 Å². The summed E-state index contributed by atoms with van der Waals surface area (Å²) < 4.78 is 6.75. The van der Waals surface area contributed by atoms with Crippen molar-refractivity contribution in [1.82, 2.24) is 4.57 Å². The summed E-state index contributed by atoms with van der Waals surface area (Å²) in [6.45, 7) is 4.62. The SMILES string of the molecule is CCOC(=O)c1cc(C=O)cn1Cc1ccc(C)cc1. The molecule has 2 aromatic rings. The normalized spacial score (nSPS) is 10.3. The van der Waals surface area contributed by atoms with E-state index < -0.39 is 5.97 Å². The second kappa shape index (κ2) is 6.19. The van der Waals surface area contributed by atoms with Crippen molar-refractivity contribution < 1.29 is 14.3 Å². The van der Waals surface area contributed by atoms with Crippen LogP contribution in [0, 0.1) is 6.92 Å². The van der Waals surface area contributed by atoms with Gasteiger partial charge in [-0.2, -0.15) is 0 Å². The molecule has 1 aromatic carbocycles. The molecule has 0 aliphatic carbocycles. The fourth-order valence-corrected chi connectivity index (χ4v) is 1.99. The lowest BCUT2D eigenvalue weighted by Gasteiger charge is -2.08. The molecule has 0 aliphatic rings. The van der Waals surface area contributed by atoms with Crippen molar-refractivity contribution in [2.45, 2.75) is 20.4 Å². The van der Waals surface area contributed by atoms with Crippen molar-refractivity contribution in [2.75, 3.05) is 6.61 Å². The highest BCUT2D eigenvalue weighted by molar-refractivity contribution is 5.90. The van der Waals surface area contributed by atoms with Crippen molar-refractivity contribution in [3.63, 3.8) is 0 Å². The molecule has 4 heteroatoms. The van der Waals surface area contributed by atoms with Gasteiger partial charge < -0.3 is 9.30 Å². The zero-order valence-corrected chi connectivity index (χ0v) is 11.6. The average molecular weight is 271 g/mol. The second-order valence-electron chi connectivity index (χ2n) is 4.61. The van der Waals surface area contributed by atoms with Crippen LogP contribution < -0.4 is 0 Å². The average Bonchev–Trinajstić information content (AvgIpc) is 2.85. The Balaban J connectivity index is 2.29. The smallest absolute Gasteiger partial charge is 0.354 e. The molecular formula is C16H17NO3. The Morgan fingerprint density at radius 1 is 1.30 bits per heavy atom. The van der Waals surface area contributed by atoms with Crippen LogP contribution in [-0.4, -0.2) is 23.4 Å². The van der Waals surface area contributed by atoms with E-state index in [-0.39, 0.29) is 0 Å². The quantitative estimate of drug-likeness (QED) is 0.620. The number of carbonyl (C=O) groups is 2. The first kappa shape index (κ1) is 14.1. The number of esters is 1. The molecule has 0 bridgehead atoms. The molecule has 0 saturated carbocycles. The highest BCUT2D eigenvalue weighted by Gasteiger charge is 2.14. The van der Waals surface area contributed by atoms with E-state index in [1.165, 1.54) is 5.56 Å². The van der Waals surface area contributed by atoms with Crippen molar-refractivity contribution in [3.8, 4) is 0 Å². The number of aromatic nitrogens is 1. The van der Waals surface area contributed by atoms with Gasteiger partial charge >= 0.3 is 5.97 Å². The van der Waals surface area contributed by atoms with Gasteiger partial charge in [-0.3, -0.25) is 4.79 Å². The number of benzene rings is 1. The zero-order chi connectivity index (χ0) is 14.5. The summed E-state index contributed by atoms with van der Waals surface area (Å²) in [6.07, 6.45) is 2.40. The van der Waals surface area contributed by atoms with E-state index in [1.54, 1.807) is 23.8 Å². The molecule has 2 rings (SSSR count). The van der Waals surface area contributed by atoms with Gasteiger partial charge in [0.05, 0.1) is 6.61 Å². The molecule has 0 radical (unpaired) electrons. The minimum Gasteiger partial charge on any atom is -0.461 e. The third-order valence-corrected chi connectivity index (χ3v) is 3.01. The van der Waals surface area contributed by atoms with Gasteiger partial charge in [0.2, 0.25) is 0 Å². The van der Waals surface area contributed by atoms with E-state index in [2.05, 4.69) is 0 Å². The highest BCUT2D eigenvalue weighted by atomic mass is 16.5. The molecule has 0 spiro atoms. The third kappa shape index (κ3) is 3.15. The standard InChI is InChI=1S/C16H17NO3/c1-3-20-16(19)15-8-14(11-18)10-17(15)9-13-6-4-12(2)5-7-13/h4-8,10-11H,3,9H2,1-2H3. The predicted octanol–water partition coefficient (Wildman–Crippen LogP) is 2.83. The molecule has 1 aromatic heterocycles. The molecule has 20 heavy (non-hydrogen) atoms. The van der Waals surface area contributed by atoms with Crippen LogP contribution in [0.15, 0.2) is 36.5 Å². The maximum atomic E-state index is 11.9. The minimum absolute atomic E-state index is 0.310. The molecule has 0 fully saturated rings. The first-order valence-corrected chi connectivity index (χ1v) is 6.52. The van der Waals surface area contributed by atoms with Gasteiger partial charge in [-0.1, -0.05) is 29.8 Å². The van der Waals surface area contributed by atoms with Crippen LogP contribution >= 0.6 is 0 Å². The topological polar surface area (TPSA) is 48.3 Å². The molecule has 0 N–H and O–H groups in total. The number of rotatable bonds is 5. The van der Waals surface area contributed by atoms with Gasteiger partial charge in [-0.05, 0) is 25.5 Å². The Bertz CT molecular complexity index is 611. The maximum Gasteiger partial charge on any atom is 0.354 e. The van der Waals surface area contributed by atoms with Gasteiger partial charge in [0.25, 0.3) is 0 Å². The summed E-state index contributed by atoms with van der Waals surface area (Å²) in [5, 5.41) is 0. The molecule has 0 amide bonds. The molecule has 0 aliphatic heterocycles. The second-order valence-corrected chi connectivity index (χ2v) is 4.61. The van der Waals surface area contributed by atoms with Crippen LogP contribution in [0.2, 0.25) is 0 Å². The Kier molecular flexibility index (Phi) is 4.35. The minimum atomic E-state index is -0.410. The van der Waals surface area contributed by atoms with E-state index >= 15 is 0 Å². The number of nitrogens with zero attached hydrogens (tertiary/aromatic N) is 1. The number of hydrogen-bond acceptors (Lipinski definition) is 3. The van der Waals surface area contributed by atoms with Crippen LogP contribution in [0.5, 0.6) is 0 Å². The van der Waals surface area contributed by atoms with Crippen LogP contribution in [0.3, 0.4) is 0 Å². The summed E-state index contributed by atoms with van der Waals surface area (Å²) in [4.78, 5) is 22.8. The monoisotopic (exact) mass is 271 g/mol. The lowest BCUT2D eigenvalue weighted by atomic mass is 10.1. The zero-order valence-electron chi connectivity index (χ0n) is 11.6. The molecule has 0 saturated heterocycles. The van der Waals surface area contributed by atoms with E-state index in [9.17, 15) is 9.59 Å². The molecule has 0 atom stereocenters. The van der Waals surface area contributed by atoms with Gasteiger partial charge in [0, 0.05) is 18.3 Å². The first-order valence-electron chi connectivity index (χ1n) is 6.52. The summed E-state index contributed by atoms with van der Waals surface area (Å²) in [5.74, 6) is -0.410. The predicted molar refractivity (Wildman–Crippen MR) is 76.1 cm³/mol. The molecule has 0 unspecified atom stereocenters. The summed E-state index contributed by atoms with van der Waals surface area (Å²) >= 11 is 0. The van der Waals surface area contributed by atoms with E-state index in [1.807, 2.05) is 31.2 Å². The lowest BCUT2D eigenvalue weighted by Crippen LogP contribution is -2.12. The van der Waals surface area contributed by atoms with Crippen LogP contribution in [0.1, 0.15) is 38.9 Å². The van der Waals surface area contributed by atoms with Crippen molar-refractivity contribution in [2.24, 2.45) is 0 Å². The van der Waals surface area contributed by atoms with Crippen molar-refractivity contribution in [3.05, 3.63) is 58.9 Å². The van der Waals surface area contributed by atoms with Gasteiger partial charge in [-0.25, -0.2) is 4.79 Å². The van der Waals surface area contributed by atoms with Crippen LogP contribution in [-0.2, 0) is 11.3 Å². The number of aryl methyl sites for hydroxylation is 1. The Labute approximate surface area is 118 Å². The fraction of sp³-hybridized carbons (Fsp3) is 0.250. The van der Waals surface area contributed by atoms with E-state index in [0.717, 1.165) is 11.8 Å². The van der Waals surface area contributed by atoms with Crippen LogP contribution in [0.4, 0.5) is 0 Å². The molecule has 104 valence electrons. The van der Waals surface area contributed by atoms with Crippen molar-refractivity contribution >= 4 is 12.3 Å². The molecular weight excluding hydrogens is 254 g/mol. The number of carbonyl (C=O) groups excluding carboxylic acids is 2. The van der Waals surface area contributed by atoms with Gasteiger partial charge in [0.15, 0.2) is 6.29 Å².